The largest absolute Gasteiger partial charge is 0.368 e. The number of nitrogens with one attached hydrogen (secondary N) is 1. The molecule has 0 aliphatic heterocycles. The molecule has 20 heavy (non-hydrogen) atoms. The smallest absolute Gasteiger partial charge is 0.255 e. The van der Waals surface area contributed by atoms with Gasteiger partial charge < -0.3 is 15.6 Å². The molecule has 2 rings (SSSR count). The Bertz CT molecular complexity index is 624. The summed E-state index contributed by atoms with van der Waals surface area (Å²) in [5.41, 5.74) is 6.35. The summed E-state index contributed by atoms with van der Waals surface area (Å²) in [4.78, 5) is 24.1. The van der Waals surface area contributed by atoms with Crippen molar-refractivity contribution in [2.24, 2.45) is 0 Å². The van der Waals surface area contributed by atoms with Crippen LogP contribution in [0.25, 0.3) is 0 Å². The lowest BCUT2D eigenvalue weighted by atomic mass is 10.2. The highest BCUT2D eigenvalue weighted by Gasteiger charge is 2.21. The lowest BCUT2D eigenvalue weighted by Gasteiger charge is -2.13. The fourth-order valence-electron chi connectivity index (χ4n) is 1.74. The summed E-state index contributed by atoms with van der Waals surface area (Å²) < 4.78 is 5.08. The molecule has 0 saturated carbocycles. The maximum atomic E-state index is 12.2. The number of nitrogens with zero attached hydrogens (tertiary/aromatic N) is 4. The zero-order valence-electron chi connectivity index (χ0n) is 11.5. The van der Waals surface area contributed by atoms with Crippen LogP contribution in [0.15, 0.2) is 10.7 Å². The third kappa shape index (κ3) is 2.90. The lowest BCUT2D eigenvalue weighted by molar-refractivity contribution is 0.0925. The van der Waals surface area contributed by atoms with Crippen LogP contribution in [0.4, 0.5) is 5.95 Å². The number of hydrogen-bond acceptors (Lipinski definition) is 7. The van der Waals surface area contributed by atoms with E-state index in [4.69, 9.17) is 10.3 Å². The van der Waals surface area contributed by atoms with Crippen LogP contribution in [0.5, 0.6) is 0 Å². The number of aryl methyl sites for hydroxylation is 2. The second kappa shape index (κ2) is 5.64. The summed E-state index contributed by atoms with van der Waals surface area (Å²) in [7, 11) is 0. The van der Waals surface area contributed by atoms with E-state index in [1.807, 2.05) is 6.92 Å². The Hall–Kier alpha value is -2.51. The fraction of sp³-hybridized carbons (Fsp3) is 0.417. The van der Waals surface area contributed by atoms with Crippen molar-refractivity contribution in [1.29, 1.82) is 0 Å². The Labute approximate surface area is 115 Å². The predicted octanol–water partition coefficient (Wildman–Crippen LogP) is 0.940. The van der Waals surface area contributed by atoms with Gasteiger partial charge in [-0.25, -0.2) is 9.97 Å². The second-order valence-corrected chi connectivity index (χ2v) is 4.34. The van der Waals surface area contributed by atoms with Crippen LogP contribution in [0.2, 0.25) is 0 Å². The Kier molecular flexibility index (Phi) is 3.92. The van der Waals surface area contributed by atoms with Gasteiger partial charge in [-0.2, -0.15) is 4.98 Å². The van der Waals surface area contributed by atoms with Crippen molar-refractivity contribution >= 4 is 11.9 Å². The van der Waals surface area contributed by atoms with E-state index in [2.05, 4.69) is 25.4 Å². The minimum atomic E-state index is -0.347. The number of nitrogen functional groups attached to an aromatic ring is 1. The van der Waals surface area contributed by atoms with Crippen LogP contribution in [0, 0.1) is 13.8 Å². The van der Waals surface area contributed by atoms with E-state index in [9.17, 15) is 4.79 Å². The second-order valence-electron chi connectivity index (χ2n) is 4.34. The van der Waals surface area contributed by atoms with Crippen LogP contribution in [0.3, 0.4) is 0 Å². The summed E-state index contributed by atoms with van der Waals surface area (Å²) in [6.45, 7) is 5.33. The molecule has 0 aromatic carbocycles. The molecule has 8 heteroatoms. The van der Waals surface area contributed by atoms with E-state index >= 15 is 0 Å². The zero-order chi connectivity index (χ0) is 14.7. The van der Waals surface area contributed by atoms with E-state index in [-0.39, 0.29) is 17.9 Å². The molecule has 2 aromatic heterocycles. The molecule has 1 unspecified atom stereocenters. The van der Waals surface area contributed by atoms with Crippen LogP contribution in [-0.4, -0.2) is 26.0 Å². The standard InChI is InChI=1S/C12H16N6O2/c1-4-9(11-16-7(3)18-20-11)17-10(19)8-5-14-12(13)15-6(8)2/h5,9H,4H2,1-3H3,(H,17,19)(H2,13,14,15). The average molecular weight is 276 g/mol. The summed E-state index contributed by atoms with van der Waals surface area (Å²) in [6, 6.07) is -0.347. The predicted molar refractivity (Wildman–Crippen MR) is 70.7 cm³/mol. The number of hydrogen-bond donors (Lipinski definition) is 2. The normalized spacial score (nSPS) is 12.2. The van der Waals surface area contributed by atoms with Crippen molar-refractivity contribution in [1.82, 2.24) is 25.4 Å². The van der Waals surface area contributed by atoms with Gasteiger partial charge in [-0.3, -0.25) is 4.79 Å². The molecular formula is C12H16N6O2. The number of anilines is 1. The van der Waals surface area contributed by atoms with Gasteiger partial charge in [0.25, 0.3) is 5.91 Å². The molecule has 2 aromatic rings. The minimum Gasteiger partial charge on any atom is -0.368 e. The van der Waals surface area contributed by atoms with Crippen molar-refractivity contribution in [2.75, 3.05) is 5.73 Å². The first-order chi connectivity index (χ1) is 9.51. The molecular weight excluding hydrogens is 260 g/mol. The highest BCUT2D eigenvalue weighted by molar-refractivity contribution is 5.95. The quantitative estimate of drug-likeness (QED) is 0.852. The van der Waals surface area contributed by atoms with Crippen LogP contribution in [0.1, 0.15) is 47.2 Å². The maximum Gasteiger partial charge on any atom is 0.255 e. The van der Waals surface area contributed by atoms with Gasteiger partial charge in [-0.05, 0) is 20.3 Å². The van der Waals surface area contributed by atoms with Crippen LogP contribution >= 0.6 is 0 Å². The highest BCUT2D eigenvalue weighted by atomic mass is 16.5. The zero-order valence-corrected chi connectivity index (χ0v) is 11.5. The summed E-state index contributed by atoms with van der Waals surface area (Å²) in [5.74, 6) is 0.746. The maximum absolute atomic E-state index is 12.2. The molecule has 0 aliphatic carbocycles. The average Bonchev–Trinajstić information content (AvgIpc) is 2.82. The number of carbonyl (C=O) groups excluding carboxylic acids is 1. The molecule has 0 radical (unpaired) electrons. The molecule has 0 fully saturated rings. The van der Waals surface area contributed by atoms with Gasteiger partial charge >= 0.3 is 0 Å². The van der Waals surface area contributed by atoms with Gasteiger partial charge in [0, 0.05) is 6.20 Å². The minimum absolute atomic E-state index is 0.138. The highest BCUT2D eigenvalue weighted by Crippen LogP contribution is 2.15. The number of rotatable bonds is 4. The summed E-state index contributed by atoms with van der Waals surface area (Å²) >= 11 is 0. The first kappa shape index (κ1) is 13.9. The van der Waals surface area contributed by atoms with Crippen LogP contribution in [-0.2, 0) is 0 Å². The van der Waals surface area contributed by atoms with Crippen LogP contribution < -0.4 is 11.1 Å². The van der Waals surface area contributed by atoms with Gasteiger partial charge in [-0.15, -0.1) is 0 Å². The number of carbonyl (C=O) groups is 1. The third-order valence-electron chi connectivity index (χ3n) is 2.80. The summed E-state index contributed by atoms with van der Waals surface area (Å²) in [5, 5.41) is 6.53. The van der Waals surface area contributed by atoms with E-state index in [1.165, 1.54) is 6.20 Å². The monoisotopic (exact) mass is 276 g/mol. The van der Waals surface area contributed by atoms with Crippen molar-refractivity contribution in [3.8, 4) is 0 Å². The molecule has 0 spiro atoms. The first-order valence-corrected chi connectivity index (χ1v) is 6.21. The molecule has 0 bridgehead atoms. The molecule has 8 nitrogen and oxygen atoms in total. The van der Waals surface area contributed by atoms with Gasteiger partial charge in [-0.1, -0.05) is 12.1 Å². The van der Waals surface area contributed by atoms with E-state index in [0.717, 1.165) is 0 Å². The third-order valence-corrected chi connectivity index (χ3v) is 2.80. The Morgan fingerprint density at radius 2 is 2.20 bits per heavy atom. The van der Waals surface area contributed by atoms with Gasteiger partial charge in [0.1, 0.15) is 6.04 Å². The molecule has 3 N–H and O–H groups in total. The SMILES string of the molecule is CCC(NC(=O)c1cnc(N)nc1C)c1nc(C)no1. The molecule has 1 amide bonds. The van der Waals surface area contributed by atoms with Crippen molar-refractivity contribution < 1.29 is 9.32 Å². The van der Waals surface area contributed by atoms with Gasteiger partial charge in [0.15, 0.2) is 5.82 Å². The number of nitrogens with two attached hydrogens (primary N) is 1. The van der Waals surface area contributed by atoms with Crippen molar-refractivity contribution in [3.05, 3.63) is 29.2 Å². The topological polar surface area (TPSA) is 120 Å². The Morgan fingerprint density at radius 3 is 2.75 bits per heavy atom. The number of aromatic nitrogens is 4. The molecule has 2 heterocycles. The Morgan fingerprint density at radius 1 is 1.45 bits per heavy atom. The van der Waals surface area contributed by atoms with Crippen molar-refractivity contribution in [2.45, 2.75) is 33.2 Å². The van der Waals surface area contributed by atoms with Gasteiger partial charge in [0.05, 0.1) is 11.3 Å². The van der Waals surface area contributed by atoms with Crippen molar-refractivity contribution in [3.63, 3.8) is 0 Å². The number of amides is 1. The van der Waals surface area contributed by atoms with E-state index in [0.29, 0.717) is 29.4 Å². The van der Waals surface area contributed by atoms with E-state index in [1.54, 1.807) is 13.8 Å². The summed E-state index contributed by atoms with van der Waals surface area (Å²) in [6.07, 6.45) is 2.03. The molecule has 106 valence electrons. The lowest BCUT2D eigenvalue weighted by Crippen LogP contribution is -2.29. The molecule has 1 atom stereocenters. The van der Waals surface area contributed by atoms with E-state index < -0.39 is 0 Å². The fourth-order valence-corrected chi connectivity index (χ4v) is 1.74. The van der Waals surface area contributed by atoms with Gasteiger partial charge in [0.2, 0.25) is 11.8 Å². The molecule has 0 aliphatic rings. The first-order valence-electron chi connectivity index (χ1n) is 6.21. The Balaban J connectivity index is 2.17. The molecule has 0 saturated heterocycles.